The number of anilines is 1. The zero-order valence-electron chi connectivity index (χ0n) is 9.40. The zero-order chi connectivity index (χ0) is 11.8. The molecule has 0 spiro atoms. The van der Waals surface area contributed by atoms with Crippen LogP contribution in [0.3, 0.4) is 0 Å². The molecule has 1 aliphatic carbocycles. The summed E-state index contributed by atoms with van der Waals surface area (Å²) in [7, 11) is 0. The molecule has 5 nitrogen and oxygen atoms in total. The normalized spacial score (nSPS) is 14.9. The van der Waals surface area contributed by atoms with E-state index in [1.807, 2.05) is 0 Å². The van der Waals surface area contributed by atoms with Gasteiger partial charge in [0.2, 0.25) is 0 Å². The maximum Gasteiger partial charge on any atom is 0.259 e. The number of hydrogen-bond acceptors (Lipinski definition) is 4. The van der Waals surface area contributed by atoms with Gasteiger partial charge in [0.25, 0.3) is 5.91 Å². The molecule has 17 heavy (non-hydrogen) atoms. The van der Waals surface area contributed by atoms with Crippen LogP contribution in [0.2, 0.25) is 0 Å². The van der Waals surface area contributed by atoms with Crippen LogP contribution in [-0.2, 0) is 0 Å². The van der Waals surface area contributed by atoms with Gasteiger partial charge < -0.3 is 14.3 Å². The molecule has 0 saturated heterocycles. The number of furan rings is 1. The van der Waals surface area contributed by atoms with E-state index >= 15 is 0 Å². The summed E-state index contributed by atoms with van der Waals surface area (Å²) in [6.07, 6.45) is 5.17. The van der Waals surface area contributed by atoms with Crippen LogP contribution >= 0.6 is 0 Å². The Bertz CT molecular complexity index is 552. The van der Waals surface area contributed by atoms with E-state index in [1.54, 1.807) is 19.3 Å². The number of nitrogens with zero attached hydrogens (tertiary/aromatic N) is 1. The molecule has 0 unspecified atom stereocenters. The second-order valence-corrected chi connectivity index (χ2v) is 4.24. The molecule has 1 amide bonds. The lowest BCUT2D eigenvalue weighted by atomic mass is 10.2. The third-order valence-corrected chi connectivity index (χ3v) is 2.89. The summed E-state index contributed by atoms with van der Waals surface area (Å²) in [6.45, 7) is 1.77. The fraction of sp³-hybridized carbons (Fsp3) is 0.333. The van der Waals surface area contributed by atoms with Crippen LogP contribution in [-0.4, -0.2) is 11.1 Å². The average molecular weight is 232 g/mol. The molecular weight excluding hydrogens is 220 g/mol. The molecule has 5 heteroatoms. The molecule has 1 fully saturated rings. The molecule has 1 saturated carbocycles. The van der Waals surface area contributed by atoms with Crippen molar-refractivity contribution in [2.24, 2.45) is 0 Å². The van der Waals surface area contributed by atoms with Gasteiger partial charge in [-0.05, 0) is 25.8 Å². The van der Waals surface area contributed by atoms with Crippen LogP contribution in [0.1, 0.15) is 40.6 Å². The Kier molecular flexibility index (Phi) is 2.24. The Morgan fingerprint density at radius 1 is 1.53 bits per heavy atom. The lowest BCUT2D eigenvalue weighted by Gasteiger charge is -2.02. The van der Waals surface area contributed by atoms with E-state index in [9.17, 15) is 4.79 Å². The van der Waals surface area contributed by atoms with Gasteiger partial charge in [0.15, 0.2) is 0 Å². The number of amides is 1. The van der Waals surface area contributed by atoms with Crippen LogP contribution in [0.15, 0.2) is 27.5 Å². The highest BCUT2D eigenvalue weighted by Gasteiger charge is 2.31. The fourth-order valence-corrected chi connectivity index (χ4v) is 1.77. The molecule has 2 aromatic heterocycles. The summed E-state index contributed by atoms with van der Waals surface area (Å²) in [5.74, 6) is 1.03. The summed E-state index contributed by atoms with van der Waals surface area (Å²) in [6, 6.07) is 1.70. The Labute approximate surface area is 97.8 Å². The van der Waals surface area contributed by atoms with E-state index in [-0.39, 0.29) is 5.91 Å². The first-order valence-electron chi connectivity index (χ1n) is 5.55. The minimum atomic E-state index is -0.174. The van der Waals surface area contributed by atoms with Gasteiger partial charge >= 0.3 is 0 Å². The van der Waals surface area contributed by atoms with Gasteiger partial charge in [0.05, 0.1) is 11.8 Å². The van der Waals surface area contributed by atoms with Gasteiger partial charge in [-0.15, -0.1) is 0 Å². The molecular formula is C12H12N2O3. The number of rotatable bonds is 3. The van der Waals surface area contributed by atoms with Crippen LogP contribution < -0.4 is 5.32 Å². The third-order valence-electron chi connectivity index (χ3n) is 2.89. The largest absolute Gasteiger partial charge is 0.468 e. The van der Waals surface area contributed by atoms with E-state index < -0.39 is 0 Å². The molecule has 1 aliphatic rings. The molecule has 0 atom stereocenters. The summed E-state index contributed by atoms with van der Waals surface area (Å²) in [4.78, 5) is 12.0. The molecule has 0 aliphatic heterocycles. The van der Waals surface area contributed by atoms with Crippen LogP contribution in [0.4, 0.5) is 5.69 Å². The highest BCUT2D eigenvalue weighted by molar-refractivity contribution is 6.05. The van der Waals surface area contributed by atoms with E-state index in [0.29, 0.717) is 22.9 Å². The van der Waals surface area contributed by atoms with Gasteiger partial charge in [-0.25, -0.2) is 0 Å². The van der Waals surface area contributed by atoms with Crippen molar-refractivity contribution >= 4 is 11.6 Å². The SMILES string of the molecule is Cc1nocc1NC(=O)c1ccoc1C1CC1. The highest BCUT2D eigenvalue weighted by Crippen LogP contribution is 2.42. The lowest BCUT2D eigenvalue weighted by Crippen LogP contribution is -2.12. The summed E-state index contributed by atoms with van der Waals surface area (Å²) >= 11 is 0. The summed E-state index contributed by atoms with van der Waals surface area (Å²) in [5, 5.41) is 6.47. The van der Waals surface area contributed by atoms with E-state index in [1.165, 1.54) is 6.26 Å². The molecule has 3 rings (SSSR count). The maximum absolute atomic E-state index is 12.0. The van der Waals surface area contributed by atoms with Crippen molar-refractivity contribution in [1.82, 2.24) is 5.16 Å². The molecule has 2 heterocycles. The van der Waals surface area contributed by atoms with E-state index in [0.717, 1.165) is 18.6 Å². The van der Waals surface area contributed by atoms with Crippen molar-refractivity contribution in [1.29, 1.82) is 0 Å². The second kappa shape index (κ2) is 3.76. The molecule has 0 aromatic carbocycles. The first-order chi connectivity index (χ1) is 8.25. The van der Waals surface area contributed by atoms with Gasteiger partial charge in [0.1, 0.15) is 23.4 Å². The van der Waals surface area contributed by atoms with Crippen molar-refractivity contribution in [3.63, 3.8) is 0 Å². The number of carbonyl (C=O) groups is 1. The van der Waals surface area contributed by atoms with Crippen molar-refractivity contribution in [2.75, 3.05) is 5.32 Å². The zero-order valence-corrected chi connectivity index (χ0v) is 9.40. The lowest BCUT2D eigenvalue weighted by molar-refractivity contribution is 0.102. The minimum absolute atomic E-state index is 0.174. The fourth-order valence-electron chi connectivity index (χ4n) is 1.77. The highest BCUT2D eigenvalue weighted by atomic mass is 16.5. The van der Waals surface area contributed by atoms with Crippen LogP contribution in [0, 0.1) is 6.92 Å². The average Bonchev–Trinajstić information content (AvgIpc) is 2.90. The third kappa shape index (κ3) is 1.84. The van der Waals surface area contributed by atoms with Crippen molar-refractivity contribution in [3.05, 3.63) is 35.6 Å². The number of aryl methyl sites for hydroxylation is 1. The Balaban J connectivity index is 1.82. The smallest absolute Gasteiger partial charge is 0.259 e. The Morgan fingerprint density at radius 2 is 2.35 bits per heavy atom. The standard InChI is InChI=1S/C12H12N2O3/c1-7-10(6-17-14-7)13-12(15)9-4-5-16-11(9)8-2-3-8/h4-6,8H,2-3H2,1H3,(H,13,15). The van der Waals surface area contributed by atoms with Crippen molar-refractivity contribution in [3.8, 4) is 0 Å². The van der Waals surface area contributed by atoms with Gasteiger partial charge in [0, 0.05) is 5.92 Å². The minimum Gasteiger partial charge on any atom is -0.468 e. The van der Waals surface area contributed by atoms with Gasteiger partial charge in [-0.2, -0.15) is 0 Å². The van der Waals surface area contributed by atoms with Crippen LogP contribution in [0.25, 0.3) is 0 Å². The Hall–Kier alpha value is -2.04. The summed E-state index contributed by atoms with van der Waals surface area (Å²) in [5.41, 5.74) is 1.86. The number of aromatic nitrogens is 1. The van der Waals surface area contributed by atoms with Gasteiger partial charge in [-0.3, -0.25) is 4.79 Å². The number of carbonyl (C=O) groups excluding carboxylic acids is 1. The monoisotopic (exact) mass is 232 g/mol. The van der Waals surface area contributed by atoms with Crippen molar-refractivity contribution in [2.45, 2.75) is 25.7 Å². The molecule has 0 radical (unpaired) electrons. The maximum atomic E-state index is 12.0. The first-order valence-corrected chi connectivity index (χ1v) is 5.55. The predicted molar refractivity (Wildman–Crippen MR) is 59.9 cm³/mol. The number of hydrogen-bond donors (Lipinski definition) is 1. The first kappa shape index (κ1) is 10.1. The predicted octanol–water partition coefficient (Wildman–Crippen LogP) is 2.71. The second-order valence-electron chi connectivity index (χ2n) is 4.24. The molecule has 1 N–H and O–H groups in total. The number of nitrogens with one attached hydrogen (secondary N) is 1. The Morgan fingerprint density at radius 3 is 3.00 bits per heavy atom. The van der Waals surface area contributed by atoms with Crippen molar-refractivity contribution < 1.29 is 13.7 Å². The van der Waals surface area contributed by atoms with E-state index in [2.05, 4.69) is 10.5 Å². The summed E-state index contributed by atoms with van der Waals surface area (Å²) < 4.78 is 10.1. The van der Waals surface area contributed by atoms with E-state index in [4.69, 9.17) is 8.94 Å². The topological polar surface area (TPSA) is 68.3 Å². The molecule has 0 bridgehead atoms. The van der Waals surface area contributed by atoms with Gasteiger partial charge in [-0.1, -0.05) is 5.16 Å². The quantitative estimate of drug-likeness (QED) is 0.883. The molecule has 2 aromatic rings. The van der Waals surface area contributed by atoms with Crippen LogP contribution in [0.5, 0.6) is 0 Å². The molecule has 88 valence electrons.